The number of hydrogen-bond acceptors (Lipinski definition) is 5. The maximum absolute atomic E-state index is 14.5. The number of carbonyl (C=O) groups excluding carboxylic acids is 1. The van der Waals surface area contributed by atoms with Gasteiger partial charge in [0.1, 0.15) is 17.6 Å². The first-order valence-electron chi connectivity index (χ1n) is 7.94. The van der Waals surface area contributed by atoms with Crippen LogP contribution in [0.5, 0.6) is 0 Å². The molecule has 1 atom stereocenters. The maximum Gasteiger partial charge on any atom is 0.431 e. The Bertz CT molecular complexity index is 916. The van der Waals surface area contributed by atoms with E-state index in [0.717, 1.165) is 17.0 Å². The van der Waals surface area contributed by atoms with Crippen LogP contribution in [0, 0.1) is 5.82 Å². The molecule has 0 bridgehead atoms. The molecule has 1 unspecified atom stereocenters. The molecule has 0 aromatic heterocycles. The van der Waals surface area contributed by atoms with Gasteiger partial charge in [-0.15, -0.1) is 0 Å². The molecule has 3 rings (SSSR count). The molecule has 0 fully saturated rings. The van der Waals surface area contributed by atoms with Crippen molar-refractivity contribution < 1.29 is 32.3 Å². The van der Waals surface area contributed by atoms with Crippen LogP contribution in [0.15, 0.2) is 28.9 Å². The van der Waals surface area contributed by atoms with E-state index in [9.17, 15) is 27.2 Å². The Hall–Kier alpha value is -2.82. The summed E-state index contributed by atoms with van der Waals surface area (Å²) in [5, 5.41) is 11.4. The number of guanidine groups is 1. The van der Waals surface area contributed by atoms with Crippen LogP contribution in [0.1, 0.15) is 6.92 Å². The summed E-state index contributed by atoms with van der Waals surface area (Å²) in [6, 6.07) is 0.801. The minimum atomic E-state index is -4.78. The molecule has 150 valence electrons. The van der Waals surface area contributed by atoms with Gasteiger partial charge in [0.25, 0.3) is 5.91 Å². The molecule has 0 radical (unpaired) electrons. The quantitative estimate of drug-likeness (QED) is 0.732. The third-order valence-electron chi connectivity index (χ3n) is 4.10. The van der Waals surface area contributed by atoms with Crippen LogP contribution in [-0.2, 0) is 9.59 Å². The Kier molecular flexibility index (Phi) is 4.96. The highest BCUT2D eigenvalue weighted by molar-refractivity contribution is 6.33. The number of fused-ring (bicyclic) bond motifs is 1. The second-order valence-corrected chi connectivity index (χ2v) is 6.43. The predicted octanol–water partition coefficient (Wildman–Crippen LogP) is 2.83. The predicted molar refractivity (Wildman–Crippen MR) is 92.8 cm³/mol. The Balaban J connectivity index is 2.07. The van der Waals surface area contributed by atoms with Crippen molar-refractivity contribution in [2.45, 2.75) is 19.1 Å². The van der Waals surface area contributed by atoms with Gasteiger partial charge in [-0.05, 0) is 19.1 Å². The summed E-state index contributed by atoms with van der Waals surface area (Å²) in [6.45, 7) is 1.18. The number of benzene rings is 1. The molecule has 0 aliphatic carbocycles. The minimum Gasteiger partial charge on any atom is -0.480 e. The molecule has 0 saturated heterocycles. The highest BCUT2D eigenvalue weighted by Gasteiger charge is 2.47. The topological polar surface area (TPSA) is 85.2 Å². The summed E-state index contributed by atoms with van der Waals surface area (Å²) < 4.78 is 54.1. The number of alkyl halides is 3. The Morgan fingerprint density at radius 2 is 2.07 bits per heavy atom. The minimum absolute atomic E-state index is 0.00323. The summed E-state index contributed by atoms with van der Waals surface area (Å²) in [5.74, 6) is -3.69. The average molecular weight is 421 g/mol. The molecule has 0 saturated carbocycles. The second-order valence-electron chi connectivity index (χ2n) is 6.02. The van der Waals surface area contributed by atoms with E-state index in [-0.39, 0.29) is 29.8 Å². The van der Waals surface area contributed by atoms with Crippen molar-refractivity contribution in [1.29, 1.82) is 0 Å². The van der Waals surface area contributed by atoms with Gasteiger partial charge in [0.15, 0.2) is 0 Å². The number of allylic oxidation sites excluding steroid dienone is 1. The third-order valence-corrected chi connectivity index (χ3v) is 4.41. The molecule has 28 heavy (non-hydrogen) atoms. The summed E-state index contributed by atoms with van der Waals surface area (Å²) in [5.41, 5.74) is -1.59. The van der Waals surface area contributed by atoms with Crippen LogP contribution in [-0.4, -0.2) is 53.2 Å². The molecule has 1 aromatic carbocycles. The van der Waals surface area contributed by atoms with E-state index in [1.54, 1.807) is 0 Å². The monoisotopic (exact) mass is 420 g/mol. The van der Waals surface area contributed by atoms with Gasteiger partial charge >= 0.3 is 12.1 Å². The molecule has 2 heterocycles. The zero-order chi connectivity index (χ0) is 20.8. The van der Waals surface area contributed by atoms with Gasteiger partial charge in [0.2, 0.25) is 5.96 Å². The van der Waals surface area contributed by atoms with Gasteiger partial charge in [0, 0.05) is 12.6 Å². The van der Waals surface area contributed by atoms with Crippen LogP contribution in [0.2, 0.25) is 5.02 Å². The lowest BCUT2D eigenvalue weighted by molar-refractivity contribution is -0.137. The normalized spacial score (nSPS) is 17.9. The second kappa shape index (κ2) is 6.97. The lowest BCUT2D eigenvalue weighted by Crippen LogP contribution is -2.51. The molecular weight excluding hydrogens is 408 g/mol. The van der Waals surface area contributed by atoms with Gasteiger partial charge in [-0.25, -0.2) is 9.29 Å². The van der Waals surface area contributed by atoms with E-state index in [1.807, 2.05) is 0 Å². The highest BCUT2D eigenvalue weighted by atomic mass is 35.5. The Morgan fingerprint density at radius 1 is 1.39 bits per heavy atom. The van der Waals surface area contributed by atoms with Crippen molar-refractivity contribution in [2.24, 2.45) is 4.99 Å². The van der Waals surface area contributed by atoms with Crippen molar-refractivity contribution in [1.82, 2.24) is 4.90 Å². The largest absolute Gasteiger partial charge is 0.480 e. The fourth-order valence-electron chi connectivity index (χ4n) is 2.79. The number of amides is 1. The Morgan fingerprint density at radius 3 is 2.68 bits per heavy atom. The van der Waals surface area contributed by atoms with Crippen molar-refractivity contribution in [3.8, 4) is 0 Å². The van der Waals surface area contributed by atoms with E-state index in [1.165, 1.54) is 6.92 Å². The van der Waals surface area contributed by atoms with Gasteiger partial charge in [-0.3, -0.25) is 14.6 Å². The van der Waals surface area contributed by atoms with E-state index in [2.05, 4.69) is 10.3 Å². The van der Waals surface area contributed by atoms with Crippen LogP contribution >= 0.6 is 11.6 Å². The van der Waals surface area contributed by atoms with E-state index in [4.69, 9.17) is 16.7 Å². The molecule has 2 aliphatic rings. The van der Waals surface area contributed by atoms with Crippen LogP contribution in [0.4, 0.5) is 28.9 Å². The number of aliphatic carboxylic acids is 1. The fourth-order valence-corrected chi connectivity index (χ4v) is 2.99. The first kappa shape index (κ1) is 19.9. The standard InChI is InChI=1S/C16H13ClF4N4O3/c1-7(14(27)28)23-10-5-11(9(18)4-8(10)17)25-13(26)6-12(16(19,20)21)24-3-2-22-15(24)25/h4-7,23H,2-3H2,1H3,(H,27,28). The van der Waals surface area contributed by atoms with Crippen LogP contribution in [0.3, 0.4) is 0 Å². The number of carboxylic acid groups (broad SMARTS) is 1. The summed E-state index contributed by atoms with van der Waals surface area (Å²) >= 11 is 5.92. The lowest BCUT2D eigenvalue weighted by atomic mass is 10.2. The zero-order valence-electron chi connectivity index (χ0n) is 14.2. The smallest absolute Gasteiger partial charge is 0.431 e. The highest BCUT2D eigenvalue weighted by Crippen LogP contribution is 2.37. The van der Waals surface area contributed by atoms with Gasteiger partial charge in [-0.2, -0.15) is 13.2 Å². The lowest BCUT2D eigenvalue weighted by Gasteiger charge is -2.35. The number of carbonyl (C=O) groups is 2. The SMILES string of the molecule is CC(Nc1cc(N2C(=O)C=C(C(F)(F)F)N3CCN=C32)c(F)cc1Cl)C(=O)O. The van der Waals surface area contributed by atoms with Gasteiger partial charge in [0.05, 0.1) is 22.9 Å². The number of nitrogens with one attached hydrogen (secondary N) is 1. The molecule has 0 spiro atoms. The van der Waals surface area contributed by atoms with E-state index in [0.29, 0.717) is 11.0 Å². The van der Waals surface area contributed by atoms with E-state index < -0.39 is 41.3 Å². The van der Waals surface area contributed by atoms with Crippen molar-refractivity contribution in [3.05, 3.63) is 34.7 Å². The van der Waals surface area contributed by atoms with Crippen LogP contribution in [0.25, 0.3) is 0 Å². The summed E-state index contributed by atoms with van der Waals surface area (Å²) in [7, 11) is 0. The number of hydrogen-bond donors (Lipinski definition) is 2. The average Bonchev–Trinajstić information content (AvgIpc) is 3.05. The molecule has 7 nitrogen and oxygen atoms in total. The number of carboxylic acids is 1. The number of anilines is 2. The fraction of sp³-hybridized carbons (Fsp3) is 0.312. The summed E-state index contributed by atoms with van der Waals surface area (Å²) in [6.07, 6.45) is -4.42. The van der Waals surface area contributed by atoms with Gasteiger partial charge < -0.3 is 15.3 Å². The number of aliphatic imine (C=N–C) groups is 1. The zero-order valence-corrected chi connectivity index (χ0v) is 15.0. The van der Waals surface area contributed by atoms with Gasteiger partial charge in [-0.1, -0.05) is 11.6 Å². The first-order chi connectivity index (χ1) is 13.0. The van der Waals surface area contributed by atoms with E-state index >= 15 is 0 Å². The van der Waals surface area contributed by atoms with Crippen molar-refractivity contribution in [2.75, 3.05) is 23.3 Å². The Labute approximate surface area is 160 Å². The number of rotatable bonds is 4. The maximum atomic E-state index is 14.5. The molecular formula is C16H13ClF4N4O3. The molecule has 1 aromatic rings. The number of halogens is 5. The number of nitrogens with zero attached hydrogens (tertiary/aromatic N) is 3. The van der Waals surface area contributed by atoms with Crippen molar-refractivity contribution >= 4 is 40.8 Å². The molecule has 1 amide bonds. The molecule has 12 heteroatoms. The molecule has 2 aliphatic heterocycles. The summed E-state index contributed by atoms with van der Waals surface area (Å²) in [4.78, 5) is 28.8. The van der Waals surface area contributed by atoms with Crippen molar-refractivity contribution in [3.63, 3.8) is 0 Å². The third kappa shape index (κ3) is 3.49. The van der Waals surface area contributed by atoms with Crippen LogP contribution < -0.4 is 10.2 Å². The molecule has 2 N–H and O–H groups in total. The first-order valence-corrected chi connectivity index (χ1v) is 8.32.